The van der Waals surface area contributed by atoms with Gasteiger partial charge in [-0.15, -0.1) is 0 Å². The third-order valence-corrected chi connectivity index (χ3v) is 3.81. The van der Waals surface area contributed by atoms with E-state index in [9.17, 15) is 0 Å². The van der Waals surface area contributed by atoms with Gasteiger partial charge in [0, 0.05) is 26.7 Å². The van der Waals surface area contributed by atoms with Crippen LogP contribution < -0.4 is 5.32 Å². The van der Waals surface area contributed by atoms with E-state index in [1.807, 2.05) is 25.2 Å². The molecule has 1 aliphatic rings. The summed E-state index contributed by atoms with van der Waals surface area (Å²) in [5.41, 5.74) is 1.21. The standard InChI is InChI=1S/C17H27N3O/c1-15-7-6-11-20(13-15)17(18-2)19-10-12-21-14-16-8-4-3-5-9-16/h3-5,8-9,15H,6-7,10-14H2,1-2H3,(H,18,19). The molecule has 1 atom stereocenters. The van der Waals surface area contributed by atoms with Crippen LogP contribution in [0.4, 0.5) is 0 Å². The lowest BCUT2D eigenvalue weighted by Gasteiger charge is -2.33. The third-order valence-electron chi connectivity index (χ3n) is 3.81. The zero-order chi connectivity index (χ0) is 14.9. The van der Waals surface area contributed by atoms with Gasteiger partial charge in [0.05, 0.1) is 13.2 Å². The molecule has 0 aliphatic carbocycles. The van der Waals surface area contributed by atoms with Gasteiger partial charge >= 0.3 is 0 Å². The Hall–Kier alpha value is -1.55. The van der Waals surface area contributed by atoms with Gasteiger partial charge in [-0.3, -0.25) is 4.99 Å². The third kappa shape index (κ3) is 5.38. The SMILES string of the molecule is CN=C(NCCOCc1ccccc1)N1CCCC(C)C1. The number of aliphatic imine (C=N–C) groups is 1. The van der Waals surface area contributed by atoms with Crippen LogP contribution >= 0.6 is 0 Å². The second-order valence-corrected chi connectivity index (χ2v) is 5.71. The van der Waals surface area contributed by atoms with Crippen LogP contribution in [0.15, 0.2) is 35.3 Å². The van der Waals surface area contributed by atoms with Crippen LogP contribution in [-0.4, -0.2) is 44.1 Å². The number of hydrogen-bond acceptors (Lipinski definition) is 2. The van der Waals surface area contributed by atoms with Crippen LogP contribution in [0.5, 0.6) is 0 Å². The number of rotatable bonds is 5. The van der Waals surface area contributed by atoms with Crippen LogP contribution in [0, 0.1) is 5.92 Å². The molecule has 0 spiro atoms. The average Bonchev–Trinajstić information content (AvgIpc) is 2.52. The Morgan fingerprint density at radius 1 is 1.38 bits per heavy atom. The second-order valence-electron chi connectivity index (χ2n) is 5.71. The van der Waals surface area contributed by atoms with Crippen molar-refractivity contribution in [1.82, 2.24) is 10.2 Å². The Labute approximate surface area is 128 Å². The summed E-state index contributed by atoms with van der Waals surface area (Å²) in [5, 5.41) is 3.40. The van der Waals surface area contributed by atoms with E-state index in [2.05, 4.69) is 34.3 Å². The van der Waals surface area contributed by atoms with Crippen LogP contribution in [0.1, 0.15) is 25.3 Å². The van der Waals surface area contributed by atoms with Crippen LogP contribution in [0.25, 0.3) is 0 Å². The molecular weight excluding hydrogens is 262 g/mol. The highest BCUT2D eigenvalue weighted by Gasteiger charge is 2.18. The van der Waals surface area contributed by atoms with Crippen molar-refractivity contribution < 1.29 is 4.74 Å². The van der Waals surface area contributed by atoms with Crippen molar-refractivity contribution in [1.29, 1.82) is 0 Å². The van der Waals surface area contributed by atoms with Crippen molar-refractivity contribution in [2.45, 2.75) is 26.4 Å². The maximum absolute atomic E-state index is 5.69. The molecule has 0 bridgehead atoms. The lowest BCUT2D eigenvalue weighted by molar-refractivity contribution is 0.124. The predicted molar refractivity (Wildman–Crippen MR) is 87.4 cm³/mol. The molecule has 1 unspecified atom stereocenters. The minimum atomic E-state index is 0.669. The number of ether oxygens (including phenoxy) is 1. The van der Waals surface area contributed by atoms with E-state index < -0.39 is 0 Å². The summed E-state index contributed by atoms with van der Waals surface area (Å²) in [7, 11) is 1.85. The van der Waals surface area contributed by atoms with Gasteiger partial charge < -0.3 is 15.0 Å². The van der Waals surface area contributed by atoms with Gasteiger partial charge in [0.25, 0.3) is 0 Å². The molecule has 0 radical (unpaired) electrons. The molecule has 1 fully saturated rings. The molecule has 0 aromatic heterocycles. The highest BCUT2D eigenvalue weighted by atomic mass is 16.5. The van der Waals surface area contributed by atoms with E-state index in [1.165, 1.54) is 18.4 Å². The first kappa shape index (κ1) is 15.8. The van der Waals surface area contributed by atoms with E-state index in [-0.39, 0.29) is 0 Å². The van der Waals surface area contributed by atoms with Gasteiger partial charge in [-0.25, -0.2) is 0 Å². The fourth-order valence-electron chi connectivity index (χ4n) is 2.71. The lowest BCUT2D eigenvalue weighted by atomic mass is 10.0. The summed E-state index contributed by atoms with van der Waals surface area (Å²) < 4.78 is 5.69. The van der Waals surface area contributed by atoms with Gasteiger partial charge in [-0.1, -0.05) is 37.3 Å². The largest absolute Gasteiger partial charge is 0.375 e. The van der Waals surface area contributed by atoms with Gasteiger partial charge in [-0.2, -0.15) is 0 Å². The molecule has 1 saturated heterocycles. The Morgan fingerprint density at radius 2 is 2.19 bits per heavy atom. The van der Waals surface area contributed by atoms with Crippen molar-refractivity contribution in [3.05, 3.63) is 35.9 Å². The quantitative estimate of drug-likeness (QED) is 0.514. The molecule has 1 heterocycles. The summed E-state index contributed by atoms with van der Waals surface area (Å²) in [6.07, 6.45) is 2.58. The van der Waals surface area contributed by atoms with Crippen LogP contribution in [0.3, 0.4) is 0 Å². The maximum atomic E-state index is 5.69. The number of nitrogens with one attached hydrogen (secondary N) is 1. The van der Waals surface area contributed by atoms with Crippen LogP contribution in [0.2, 0.25) is 0 Å². The molecule has 1 aromatic carbocycles. The minimum absolute atomic E-state index is 0.669. The van der Waals surface area contributed by atoms with E-state index in [4.69, 9.17) is 4.74 Å². The summed E-state index contributed by atoms with van der Waals surface area (Å²) in [5.74, 6) is 1.76. The van der Waals surface area contributed by atoms with Crippen molar-refractivity contribution >= 4 is 5.96 Å². The maximum Gasteiger partial charge on any atom is 0.193 e. The van der Waals surface area contributed by atoms with Crippen molar-refractivity contribution in [3.8, 4) is 0 Å². The molecule has 4 nitrogen and oxygen atoms in total. The number of guanidine groups is 1. The topological polar surface area (TPSA) is 36.9 Å². The van der Waals surface area contributed by atoms with Gasteiger partial charge in [0.2, 0.25) is 0 Å². The van der Waals surface area contributed by atoms with E-state index in [0.717, 1.165) is 31.5 Å². The monoisotopic (exact) mass is 289 g/mol. The Kier molecular flexibility index (Phi) is 6.54. The Balaban J connectivity index is 1.64. The lowest BCUT2D eigenvalue weighted by Crippen LogP contribution is -2.46. The smallest absolute Gasteiger partial charge is 0.193 e. The summed E-state index contributed by atoms with van der Waals surface area (Å²) in [4.78, 5) is 6.73. The molecule has 1 aliphatic heterocycles. The van der Waals surface area contributed by atoms with Crippen molar-refractivity contribution in [2.24, 2.45) is 10.9 Å². The molecule has 1 aromatic rings. The first-order valence-electron chi connectivity index (χ1n) is 7.87. The number of piperidine rings is 1. The zero-order valence-corrected chi connectivity index (χ0v) is 13.2. The second kappa shape index (κ2) is 8.67. The zero-order valence-electron chi connectivity index (χ0n) is 13.2. The van der Waals surface area contributed by atoms with Gasteiger partial charge in [-0.05, 0) is 24.3 Å². The van der Waals surface area contributed by atoms with Crippen molar-refractivity contribution in [3.63, 3.8) is 0 Å². The molecule has 0 amide bonds. The van der Waals surface area contributed by atoms with Gasteiger partial charge in [0.1, 0.15) is 0 Å². The highest BCUT2D eigenvalue weighted by molar-refractivity contribution is 5.79. The first-order valence-corrected chi connectivity index (χ1v) is 7.87. The van der Waals surface area contributed by atoms with E-state index >= 15 is 0 Å². The van der Waals surface area contributed by atoms with E-state index in [0.29, 0.717) is 13.2 Å². The molecule has 0 saturated carbocycles. The fourth-order valence-corrected chi connectivity index (χ4v) is 2.71. The molecule has 1 N–H and O–H groups in total. The Bertz CT molecular complexity index is 433. The number of likely N-dealkylation sites (tertiary alicyclic amines) is 1. The van der Waals surface area contributed by atoms with Crippen molar-refractivity contribution in [2.75, 3.05) is 33.3 Å². The number of nitrogens with zero attached hydrogens (tertiary/aromatic N) is 2. The van der Waals surface area contributed by atoms with Crippen LogP contribution in [-0.2, 0) is 11.3 Å². The van der Waals surface area contributed by atoms with Gasteiger partial charge in [0.15, 0.2) is 5.96 Å². The summed E-state index contributed by atoms with van der Waals surface area (Å²) in [6.45, 7) is 6.67. The number of benzene rings is 1. The summed E-state index contributed by atoms with van der Waals surface area (Å²) >= 11 is 0. The Morgan fingerprint density at radius 3 is 2.90 bits per heavy atom. The molecule has 116 valence electrons. The average molecular weight is 289 g/mol. The van der Waals surface area contributed by atoms with E-state index in [1.54, 1.807) is 0 Å². The molecule has 4 heteroatoms. The first-order chi connectivity index (χ1) is 10.3. The minimum Gasteiger partial charge on any atom is -0.375 e. The normalized spacial score (nSPS) is 19.6. The summed E-state index contributed by atoms with van der Waals surface area (Å²) in [6, 6.07) is 10.3. The predicted octanol–water partition coefficient (Wildman–Crippen LogP) is 2.51. The number of hydrogen-bond donors (Lipinski definition) is 1. The molecule has 2 rings (SSSR count). The fraction of sp³-hybridized carbons (Fsp3) is 0.588. The molecular formula is C17H27N3O. The molecule has 21 heavy (non-hydrogen) atoms. The highest BCUT2D eigenvalue weighted by Crippen LogP contribution is 2.15.